The minimum Gasteiger partial charge on any atom is -0.465 e. The van der Waals surface area contributed by atoms with E-state index in [1.165, 1.54) is 4.88 Å². The highest BCUT2D eigenvalue weighted by atomic mass is 32.1. The van der Waals surface area contributed by atoms with Crippen molar-refractivity contribution in [3.05, 3.63) is 22.4 Å². The van der Waals surface area contributed by atoms with Crippen molar-refractivity contribution in [1.82, 2.24) is 5.32 Å². The van der Waals surface area contributed by atoms with Gasteiger partial charge in [0.05, 0.1) is 6.61 Å². The first-order chi connectivity index (χ1) is 7.77. The Bertz CT molecular complexity index is 344. The van der Waals surface area contributed by atoms with E-state index in [0.29, 0.717) is 6.61 Å². The Morgan fingerprint density at radius 3 is 2.94 bits per heavy atom. The molecule has 4 heteroatoms. The molecule has 1 N–H and O–H groups in total. The number of nitrogens with one attached hydrogen (secondary N) is 1. The molecule has 0 aliphatic heterocycles. The summed E-state index contributed by atoms with van der Waals surface area (Å²) in [5.41, 5.74) is -0.403. The third kappa shape index (κ3) is 2.28. The Labute approximate surface area is 99.8 Å². The summed E-state index contributed by atoms with van der Waals surface area (Å²) in [5.74, 6) is -0.0854. The van der Waals surface area contributed by atoms with Crippen LogP contribution in [-0.2, 0) is 16.1 Å². The average Bonchev–Trinajstić information content (AvgIpc) is 2.69. The summed E-state index contributed by atoms with van der Waals surface area (Å²) in [6.45, 7) is 3.07. The van der Waals surface area contributed by atoms with Crippen LogP contribution in [0, 0.1) is 0 Å². The van der Waals surface area contributed by atoms with Gasteiger partial charge >= 0.3 is 5.97 Å². The molecule has 0 unspecified atom stereocenters. The molecule has 16 heavy (non-hydrogen) atoms. The highest BCUT2D eigenvalue weighted by molar-refractivity contribution is 7.09. The largest absolute Gasteiger partial charge is 0.465 e. The molecule has 88 valence electrons. The van der Waals surface area contributed by atoms with E-state index in [4.69, 9.17) is 4.74 Å². The van der Waals surface area contributed by atoms with Crippen LogP contribution in [-0.4, -0.2) is 18.1 Å². The van der Waals surface area contributed by atoms with Gasteiger partial charge in [-0.1, -0.05) is 6.07 Å². The fraction of sp³-hybridized carbons (Fsp3) is 0.583. The van der Waals surface area contributed by atoms with Crippen molar-refractivity contribution in [2.24, 2.45) is 0 Å². The second kappa shape index (κ2) is 4.97. The number of hydrogen-bond donors (Lipinski definition) is 1. The Balaban J connectivity index is 1.92. The average molecular weight is 239 g/mol. The molecule has 2 rings (SSSR count). The number of carbonyl (C=O) groups is 1. The van der Waals surface area contributed by atoms with Crippen LogP contribution in [0.5, 0.6) is 0 Å². The standard InChI is InChI=1S/C12H17NO2S/c1-2-15-11(14)12(6-4-7-12)13-9-10-5-3-8-16-10/h3,5,8,13H,2,4,6-7,9H2,1H3. The Morgan fingerprint density at radius 2 is 2.44 bits per heavy atom. The zero-order chi connectivity index (χ0) is 11.4. The maximum atomic E-state index is 11.8. The Hall–Kier alpha value is -0.870. The van der Waals surface area contributed by atoms with E-state index < -0.39 is 5.54 Å². The van der Waals surface area contributed by atoms with Crippen LogP contribution in [0.1, 0.15) is 31.1 Å². The van der Waals surface area contributed by atoms with Crippen molar-refractivity contribution in [3.63, 3.8) is 0 Å². The van der Waals surface area contributed by atoms with Gasteiger partial charge in [-0.25, -0.2) is 0 Å². The lowest BCUT2D eigenvalue weighted by Crippen LogP contribution is -2.57. The van der Waals surface area contributed by atoms with Gasteiger partial charge in [0, 0.05) is 11.4 Å². The van der Waals surface area contributed by atoms with Crippen molar-refractivity contribution in [1.29, 1.82) is 0 Å². The summed E-state index contributed by atoms with van der Waals surface area (Å²) < 4.78 is 5.12. The van der Waals surface area contributed by atoms with Gasteiger partial charge in [0.2, 0.25) is 0 Å². The number of rotatable bonds is 5. The molecule has 1 aromatic rings. The van der Waals surface area contributed by atoms with Gasteiger partial charge in [-0.15, -0.1) is 11.3 Å². The third-order valence-electron chi connectivity index (χ3n) is 3.05. The van der Waals surface area contributed by atoms with E-state index in [0.717, 1.165) is 25.8 Å². The molecule has 0 radical (unpaired) electrons. The second-order valence-electron chi connectivity index (χ2n) is 4.09. The van der Waals surface area contributed by atoms with E-state index in [9.17, 15) is 4.79 Å². The monoisotopic (exact) mass is 239 g/mol. The van der Waals surface area contributed by atoms with Crippen molar-refractivity contribution in [3.8, 4) is 0 Å². The zero-order valence-electron chi connectivity index (χ0n) is 9.49. The highest BCUT2D eigenvalue weighted by Gasteiger charge is 2.45. The Morgan fingerprint density at radius 1 is 1.62 bits per heavy atom. The quantitative estimate of drug-likeness (QED) is 0.801. The van der Waals surface area contributed by atoms with Gasteiger partial charge in [0.1, 0.15) is 5.54 Å². The maximum absolute atomic E-state index is 11.8. The molecule has 1 aromatic heterocycles. The molecular formula is C12H17NO2S. The van der Waals surface area contributed by atoms with Gasteiger partial charge < -0.3 is 4.74 Å². The number of ether oxygens (including phenoxy) is 1. The lowest BCUT2D eigenvalue weighted by atomic mass is 9.76. The predicted octanol–water partition coefficient (Wildman–Crippen LogP) is 2.32. The summed E-state index contributed by atoms with van der Waals surface area (Å²) in [4.78, 5) is 13.1. The van der Waals surface area contributed by atoms with Crippen LogP contribution in [0.4, 0.5) is 0 Å². The lowest BCUT2D eigenvalue weighted by Gasteiger charge is -2.39. The van der Waals surface area contributed by atoms with Crippen LogP contribution in [0.15, 0.2) is 17.5 Å². The first-order valence-corrected chi connectivity index (χ1v) is 6.59. The second-order valence-corrected chi connectivity index (χ2v) is 5.12. The molecule has 1 aliphatic carbocycles. The SMILES string of the molecule is CCOC(=O)C1(NCc2cccs2)CCC1. The summed E-state index contributed by atoms with van der Waals surface area (Å²) >= 11 is 1.71. The van der Waals surface area contributed by atoms with Crippen molar-refractivity contribution in [2.75, 3.05) is 6.61 Å². The van der Waals surface area contributed by atoms with Crippen LogP contribution in [0.25, 0.3) is 0 Å². The van der Waals surface area contributed by atoms with E-state index >= 15 is 0 Å². The molecule has 0 spiro atoms. The molecule has 1 fully saturated rings. The van der Waals surface area contributed by atoms with Crippen LogP contribution >= 0.6 is 11.3 Å². The van der Waals surface area contributed by atoms with Crippen molar-refractivity contribution >= 4 is 17.3 Å². The molecule has 0 atom stereocenters. The van der Waals surface area contributed by atoms with Crippen LogP contribution in [0.3, 0.4) is 0 Å². The molecule has 1 heterocycles. The minimum absolute atomic E-state index is 0.0854. The number of thiophene rings is 1. The normalized spacial score (nSPS) is 17.8. The first-order valence-electron chi connectivity index (χ1n) is 5.71. The van der Waals surface area contributed by atoms with Gasteiger partial charge in [0.15, 0.2) is 0 Å². The summed E-state index contributed by atoms with van der Waals surface area (Å²) in [5, 5.41) is 5.41. The topological polar surface area (TPSA) is 38.3 Å². The van der Waals surface area contributed by atoms with Crippen molar-refractivity contribution in [2.45, 2.75) is 38.3 Å². The number of esters is 1. The summed E-state index contributed by atoms with van der Waals surface area (Å²) in [6.07, 6.45) is 2.91. The molecule has 0 aromatic carbocycles. The first kappa shape index (κ1) is 11.6. The number of hydrogen-bond acceptors (Lipinski definition) is 4. The Kier molecular flexibility index (Phi) is 3.61. The molecule has 1 aliphatic rings. The molecule has 0 amide bonds. The van der Waals surface area contributed by atoms with Crippen molar-refractivity contribution < 1.29 is 9.53 Å². The van der Waals surface area contributed by atoms with E-state index in [2.05, 4.69) is 16.8 Å². The minimum atomic E-state index is -0.403. The van der Waals surface area contributed by atoms with Crippen LogP contribution < -0.4 is 5.32 Å². The fourth-order valence-electron chi connectivity index (χ4n) is 1.92. The maximum Gasteiger partial charge on any atom is 0.326 e. The zero-order valence-corrected chi connectivity index (χ0v) is 10.3. The molecule has 0 saturated heterocycles. The summed E-state index contributed by atoms with van der Waals surface area (Å²) in [6, 6.07) is 4.11. The van der Waals surface area contributed by atoms with Crippen LogP contribution in [0.2, 0.25) is 0 Å². The smallest absolute Gasteiger partial charge is 0.326 e. The third-order valence-corrected chi connectivity index (χ3v) is 3.93. The van der Waals surface area contributed by atoms with Gasteiger partial charge in [-0.05, 0) is 37.6 Å². The number of carbonyl (C=O) groups excluding carboxylic acids is 1. The summed E-state index contributed by atoms with van der Waals surface area (Å²) in [7, 11) is 0. The van der Waals surface area contributed by atoms with E-state index in [-0.39, 0.29) is 5.97 Å². The van der Waals surface area contributed by atoms with Gasteiger partial charge in [0.25, 0.3) is 0 Å². The molecule has 0 bridgehead atoms. The van der Waals surface area contributed by atoms with Gasteiger partial charge in [-0.3, -0.25) is 10.1 Å². The lowest BCUT2D eigenvalue weighted by molar-refractivity contribution is -0.155. The predicted molar refractivity (Wildman–Crippen MR) is 64.4 cm³/mol. The molecule has 3 nitrogen and oxygen atoms in total. The molecule has 1 saturated carbocycles. The van der Waals surface area contributed by atoms with Gasteiger partial charge in [-0.2, -0.15) is 0 Å². The van der Waals surface area contributed by atoms with E-state index in [1.54, 1.807) is 11.3 Å². The van der Waals surface area contributed by atoms with E-state index in [1.807, 2.05) is 13.0 Å². The highest BCUT2D eigenvalue weighted by Crippen LogP contribution is 2.33. The molecular weight excluding hydrogens is 222 g/mol. The fourth-order valence-corrected chi connectivity index (χ4v) is 2.57.